The fourth-order valence-electron chi connectivity index (χ4n) is 2.75. The van der Waals surface area contributed by atoms with E-state index in [0.717, 1.165) is 19.3 Å². The summed E-state index contributed by atoms with van der Waals surface area (Å²) in [7, 11) is 1.65. The molecule has 136 valence electrons. The minimum Gasteiger partial charge on any atom is -0.490 e. The molecule has 0 unspecified atom stereocenters. The van der Waals surface area contributed by atoms with Crippen LogP contribution in [0.2, 0.25) is 0 Å². The maximum Gasteiger partial charge on any atom is 0.258 e. The molecule has 0 saturated heterocycles. The lowest BCUT2D eigenvalue weighted by Crippen LogP contribution is -2.48. The molecule has 1 heterocycles. The molecule has 5 heteroatoms. The van der Waals surface area contributed by atoms with Crippen LogP contribution in [0.3, 0.4) is 0 Å². The highest BCUT2D eigenvalue weighted by atomic mass is 16.5. The van der Waals surface area contributed by atoms with Gasteiger partial charge in [-0.25, -0.2) is 0 Å². The molecule has 5 nitrogen and oxygen atoms in total. The van der Waals surface area contributed by atoms with Crippen molar-refractivity contribution in [3.63, 3.8) is 0 Å². The number of rotatable bonds is 1. The van der Waals surface area contributed by atoms with E-state index in [1.807, 2.05) is 19.9 Å². The second kappa shape index (κ2) is 8.70. The second-order valence-corrected chi connectivity index (χ2v) is 6.57. The van der Waals surface area contributed by atoms with Crippen LogP contribution in [0, 0.1) is 0 Å². The van der Waals surface area contributed by atoms with Crippen LogP contribution in [-0.4, -0.2) is 41.9 Å². The minimum atomic E-state index is -0.557. The second-order valence-electron chi connectivity index (χ2n) is 6.57. The SMILES string of the molecule is CC[C@@H]1C/C=C/C[C@@H](C)Oc2ccccc2C(=O)N(C)[C@@H](C)C(=O)N1. The predicted octanol–water partition coefficient (Wildman–Crippen LogP) is 3.16. The van der Waals surface area contributed by atoms with Gasteiger partial charge in [-0.3, -0.25) is 9.59 Å². The average molecular weight is 344 g/mol. The zero-order valence-electron chi connectivity index (χ0n) is 15.5. The van der Waals surface area contributed by atoms with Crippen molar-refractivity contribution < 1.29 is 14.3 Å². The van der Waals surface area contributed by atoms with Gasteiger partial charge in [0.1, 0.15) is 11.8 Å². The van der Waals surface area contributed by atoms with E-state index in [-0.39, 0.29) is 24.0 Å². The van der Waals surface area contributed by atoms with E-state index in [4.69, 9.17) is 4.74 Å². The number of para-hydroxylation sites is 1. The summed E-state index contributed by atoms with van der Waals surface area (Å²) >= 11 is 0. The number of hydrogen-bond acceptors (Lipinski definition) is 3. The lowest BCUT2D eigenvalue weighted by atomic mass is 10.1. The Morgan fingerprint density at radius 2 is 1.84 bits per heavy atom. The molecule has 1 aliphatic rings. The highest BCUT2D eigenvalue weighted by Gasteiger charge is 2.26. The lowest BCUT2D eigenvalue weighted by Gasteiger charge is -2.27. The van der Waals surface area contributed by atoms with Gasteiger partial charge >= 0.3 is 0 Å². The topological polar surface area (TPSA) is 58.6 Å². The highest BCUT2D eigenvalue weighted by molar-refractivity contribution is 5.99. The molecule has 0 spiro atoms. The van der Waals surface area contributed by atoms with Gasteiger partial charge in [0.25, 0.3) is 5.91 Å². The van der Waals surface area contributed by atoms with Gasteiger partial charge in [0.05, 0.1) is 11.7 Å². The predicted molar refractivity (Wildman–Crippen MR) is 98.7 cm³/mol. The van der Waals surface area contributed by atoms with E-state index in [1.165, 1.54) is 4.90 Å². The number of hydrogen-bond donors (Lipinski definition) is 1. The Morgan fingerprint density at radius 3 is 2.56 bits per heavy atom. The zero-order valence-corrected chi connectivity index (χ0v) is 15.5. The van der Waals surface area contributed by atoms with Crippen molar-refractivity contribution in [1.29, 1.82) is 0 Å². The van der Waals surface area contributed by atoms with Gasteiger partial charge in [-0.2, -0.15) is 0 Å². The molecule has 1 aromatic rings. The molecular formula is C20H28N2O3. The standard InChI is InChI=1S/C20H28N2O3/c1-5-16-11-7-6-10-14(2)25-18-13-9-8-12-17(18)20(24)22(4)15(3)19(23)21-16/h6-9,12-16H,5,10-11H2,1-4H3,(H,21,23)/b7-6+/t14-,15+,16-/m1/s1. The third kappa shape index (κ3) is 4.84. The molecule has 2 rings (SSSR count). The third-order valence-corrected chi connectivity index (χ3v) is 4.62. The van der Waals surface area contributed by atoms with Gasteiger partial charge in [0.2, 0.25) is 5.91 Å². The van der Waals surface area contributed by atoms with Crippen LogP contribution < -0.4 is 10.1 Å². The van der Waals surface area contributed by atoms with Crippen LogP contribution in [-0.2, 0) is 4.79 Å². The molecule has 3 atom stereocenters. The van der Waals surface area contributed by atoms with Crippen molar-refractivity contribution in [3.05, 3.63) is 42.0 Å². The molecule has 0 radical (unpaired) electrons. The number of amides is 2. The highest BCUT2D eigenvalue weighted by Crippen LogP contribution is 2.22. The summed E-state index contributed by atoms with van der Waals surface area (Å²) in [5.41, 5.74) is 0.476. The molecule has 0 bridgehead atoms. The Bertz CT molecular complexity index is 642. The van der Waals surface area contributed by atoms with Crippen molar-refractivity contribution in [2.75, 3.05) is 7.05 Å². The zero-order chi connectivity index (χ0) is 18.4. The number of carbonyl (C=O) groups is 2. The Balaban J connectivity index is 2.34. The Labute approximate surface area is 150 Å². The Hall–Kier alpha value is -2.30. The van der Waals surface area contributed by atoms with Crippen LogP contribution >= 0.6 is 0 Å². The molecule has 1 aliphatic heterocycles. The van der Waals surface area contributed by atoms with Gasteiger partial charge in [-0.05, 0) is 38.8 Å². The van der Waals surface area contributed by atoms with Crippen LogP contribution in [0.25, 0.3) is 0 Å². The van der Waals surface area contributed by atoms with Gasteiger partial charge in [0, 0.05) is 19.5 Å². The lowest BCUT2D eigenvalue weighted by molar-refractivity contribution is -0.125. The fourth-order valence-corrected chi connectivity index (χ4v) is 2.75. The summed E-state index contributed by atoms with van der Waals surface area (Å²) in [6, 6.07) is 6.70. The molecule has 0 aliphatic carbocycles. The van der Waals surface area contributed by atoms with Crippen LogP contribution in [0.5, 0.6) is 5.75 Å². The first-order chi connectivity index (χ1) is 11.9. The summed E-state index contributed by atoms with van der Waals surface area (Å²) in [6.45, 7) is 5.78. The summed E-state index contributed by atoms with van der Waals surface area (Å²) in [6.07, 6.45) is 6.49. The number of likely N-dealkylation sites (N-methyl/N-ethyl adjacent to an activating group) is 1. The third-order valence-electron chi connectivity index (χ3n) is 4.62. The Morgan fingerprint density at radius 1 is 1.16 bits per heavy atom. The number of nitrogens with one attached hydrogen (secondary N) is 1. The Kier molecular flexibility index (Phi) is 6.62. The van der Waals surface area contributed by atoms with Crippen molar-refractivity contribution in [2.45, 2.75) is 58.2 Å². The van der Waals surface area contributed by atoms with E-state index in [1.54, 1.807) is 32.2 Å². The normalized spacial score (nSPS) is 26.9. The maximum absolute atomic E-state index is 12.9. The largest absolute Gasteiger partial charge is 0.490 e. The van der Waals surface area contributed by atoms with Gasteiger partial charge in [-0.15, -0.1) is 0 Å². The molecule has 0 saturated carbocycles. The molecule has 0 fully saturated rings. The van der Waals surface area contributed by atoms with Crippen molar-refractivity contribution in [2.24, 2.45) is 0 Å². The minimum absolute atomic E-state index is 0.0365. The molecular weight excluding hydrogens is 316 g/mol. The van der Waals surface area contributed by atoms with Gasteiger partial charge in [0.15, 0.2) is 0 Å². The first-order valence-electron chi connectivity index (χ1n) is 8.92. The smallest absolute Gasteiger partial charge is 0.258 e. The van der Waals surface area contributed by atoms with Crippen LogP contribution in [0.15, 0.2) is 36.4 Å². The van der Waals surface area contributed by atoms with Crippen LogP contribution in [0.4, 0.5) is 0 Å². The molecule has 25 heavy (non-hydrogen) atoms. The number of benzene rings is 1. The number of fused-ring (bicyclic) bond motifs is 1. The molecule has 2 amide bonds. The van der Waals surface area contributed by atoms with E-state index < -0.39 is 6.04 Å². The average Bonchev–Trinajstić information content (AvgIpc) is 2.61. The fraction of sp³-hybridized carbons (Fsp3) is 0.500. The number of ether oxygens (including phenoxy) is 1. The van der Waals surface area contributed by atoms with Gasteiger partial charge < -0.3 is 15.0 Å². The summed E-state index contributed by atoms with van der Waals surface area (Å²) < 4.78 is 5.98. The quantitative estimate of drug-likeness (QED) is 0.796. The first kappa shape index (κ1) is 19.0. The van der Waals surface area contributed by atoms with Crippen LogP contribution in [0.1, 0.15) is 50.4 Å². The monoisotopic (exact) mass is 344 g/mol. The van der Waals surface area contributed by atoms with E-state index in [0.29, 0.717) is 11.3 Å². The number of carbonyl (C=O) groups excluding carboxylic acids is 2. The molecule has 1 N–H and O–H groups in total. The summed E-state index contributed by atoms with van der Waals surface area (Å²) in [5.74, 6) is 0.197. The molecule has 1 aromatic carbocycles. The summed E-state index contributed by atoms with van der Waals surface area (Å²) in [5, 5.41) is 3.04. The first-order valence-corrected chi connectivity index (χ1v) is 8.92. The number of nitrogens with zero attached hydrogens (tertiary/aromatic N) is 1. The van der Waals surface area contributed by atoms with Crippen molar-refractivity contribution >= 4 is 11.8 Å². The van der Waals surface area contributed by atoms with Crippen molar-refractivity contribution in [1.82, 2.24) is 10.2 Å². The molecule has 0 aromatic heterocycles. The maximum atomic E-state index is 12.9. The van der Waals surface area contributed by atoms with Crippen molar-refractivity contribution in [3.8, 4) is 5.75 Å². The van der Waals surface area contributed by atoms with E-state index in [2.05, 4.69) is 17.5 Å². The van der Waals surface area contributed by atoms with Gasteiger partial charge in [-0.1, -0.05) is 31.2 Å². The summed E-state index contributed by atoms with van der Waals surface area (Å²) in [4.78, 5) is 26.9. The van der Waals surface area contributed by atoms with E-state index in [9.17, 15) is 9.59 Å². The van der Waals surface area contributed by atoms with E-state index >= 15 is 0 Å².